The molecule has 4 rings (SSSR count). The molecule has 2 fully saturated rings. The molecule has 3 aliphatic rings. The van der Waals surface area contributed by atoms with Gasteiger partial charge < -0.3 is 15.1 Å². The normalized spacial score (nSPS) is 22.6. The van der Waals surface area contributed by atoms with Crippen LogP contribution in [0, 0.1) is 5.92 Å². The first kappa shape index (κ1) is 24.0. The van der Waals surface area contributed by atoms with E-state index in [4.69, 9.17) is 0 Å². The van der Waals surface area contributed by atoms with Gasteiger partial charge in [0.25, 0.3) is 0 Å². The number of nitrogens with one attached hydrogen (secondary N) is 1. The van der Waals surface area contributed by atoms with Crippen molar-refractivity contribution in [3.05, 3.63) is 48.0 Å². The largest absolute Gasteiger partial charge is 0.347 e. The predicted molar refractivity (Wildman–Crippen MR) is 137 cm³/mol. The number of carbonyl (C=O) groups excluding carboxylic acids is 1. The Morgan fingerprint density at radius 1 is 1.03 bits per heavy atom. The minimum atomic E-state index is 0. The quantitative estimate of drug-likeness (QED) is 0.272. The summed E-state index contributed by atoms with van der Waals surface area (Å²) >= 11 is 0. The maximum atomic E-state index is 12.7. The van der Waals surface area contributed by atoms with Gasteiger partial charge in [-0.15, -0.1) is 24.0 Å². The number of guanidine groups is 1. The van der Waals surface area contributed by atoms with Crippen LogP contribution in [0.3, 0.4) is 0 Å². The van der Waals surface area contributed by atoms with Gasteiger partial charge in [0.1, 0.15) is 0 Å². The summed E-state index contributed by atoms with van der Waals surface area (Å²) in [7, 11) is 1.81. The van der Waals surface area contributed by atoms with E-state index in [0.717, 1.165) is 70.9 Å². The van der Waals surface area contributed by atoms with Crippen molar-refractivity contribution in [1.82, 2.24) is 20.0 Å². The fourth-order valence-electron chi connectivity index (χ4n) is 4.96. The van der Waals surface area contributed by atoms with E-state index in [9.17, 15) is 4.79 Å². The molecule has 0 radical (unpaired) electrons. The number of halogens is 1. The van der Waals surface area contributed by atoms with Crippen LogP contribution in [-0.2, 0) is 11.2 Å². The van der Waals surface area contributed by atoms with E-state index in [1.54, 1.807) is 0 Å². The number of carbonyl (C=O) groups is 1. The number of nitrogens with zero attached hydrogens (tertiary/aromatic N) is 4. The lowest BCUT2D eigenvalue weighted by molar-refractivity contribution is -0.131. The molecule has 1 aromatic carbocycles. The van der Waals surface area contributed by atoms with Gasteiger partial charge in [0.15, 0.2) is 5.96 Å². The van der Waals surface area contributed by atoms with Gasteiger partial charge in [-0.2, -0.15) is 0 Å². The Bertz CT molecular complexity index is 752. The highest BCUT2D eigenvalue weighted by Crippen LogP contribution is 2.22. The lowest BCUT2D eigenvalue weighted by atomic mass is 9.90. The number of hydrogen-bond donors (Lipinski definition) is 1. The summed E-state index contributed by atoms with van der Waals surface area (Å²) in [4.78, 5) is 24.0. The highest BCUT2D eigenvalue weighted by Gasteiger charge is 2.30. The zero-order chi connectivity index (χ0) is 20.8. The molecule has 1 unspecified atom stereocenters. The molecule has 0 spiro atoms. The van der Waals surface area contributed by atoms with Crippen molar-refractivity contribution < 1.29 is 4.79 Å². The Morgan fingerprint density at radius 3 is 2.39 bits per heavy atom. The molecule has 31 heavy (non-hydrogen) atoms. The number of hydrogen-bond acceptors (Lipinski definition) is 3. The summed E-state index contributed by atoms with van der Waals surface area (Å²) in [6.07, 6.45) is 8.95. The molecule has 1 atom stereocenters. The van der Waals surface area contributed by atoms with Crippen LogP contribution in [0.1, 0.15) is 24.8 Å². The first-order valence-electron chi connectivity index (χ1n) is 11.4. The zero-order valence-corrected chi connectivity index (χ0v) is 20.9. The molecule has 170 valence electrons. The van der Waals surface area contributed by atoms with Gasteiger partial charge in [0.05, 0.1) is 6.54 Å². The van der Waals surface area contributed by atoms with Crippen molar-refractivity contribution in [2.24, 2.45) is 10.9 Å². The van der Waals surface area contributed by atoms with E-state index >= 15 is 0 Å². The van der Waals surface area contributed by atoms with E-state index in [0.29, 0.717) is 18.5 Å². The molecule has 0 saturated carbocycles. The number of amides is 1. The average molecular weight is 537 g/mol. The first-order chi connectivity index (χ1) is 14.7. The van der Waals surface area contributed by atoms with Gasteiger partial charge in [-0.25, -0.2) is 0 Å². The van der Waals surface area contributed by atoms with Crippen LogP contribution in [0.5, 0.6) is 0 Å². The third-order valence-corrected chi connectivity index (χ3v) is 6.77. The summed E-state index contributed by atoms with van der Waals surface area (Å²) in [6.45, 7) is 6.17. The van der Waals surface area contributed by atoms with Crippen LogP contribution in [-0.4, -0.2) is 85.5 Å². The van der Waals surface area contributed by atoms with E-state index in [-0.39, 0.29) is 29.9 Å². The third-order valence-electron chi connectivity index (χ3n) is 6.77. The van der Waals surface area contributed by atoms with E-state index in [1.165, 1.54) is 5.56 Å². The molecule has 0 aliphatic carbocycles. The number of benzene rings is 1. The molecule has 2 saturated heterocycles. The van der Waals surface area contributed by atoms with E-state index < -0.39 is 0 Å². The second-order valence-corrected chi connectivity index (χ2v) is 8.73. The lowest BCUT2D eigenvalue weighted by Gasteiger charge is -2.32. The van der Waals surface area contributed by atoms with Crippen molar-refractivity contribution >= 4 is 35.8 Å². The highest BCUT2D eigenvalue weighted by molar-refractivity contribution is 14.0. The predicted octanol–water partition coefficient (Wildman–Crippen LogP) is 2.61. The number of piperidine rings is 1. The summed E-state index contributed by atoms with van der Waals surface area (Å²) in [6, 6.07) is 11.3. The van der Waals surface area contributed by atoms with Crippen LogP contribution in [0.2, 0.25) is 0 Å². The second kappa shape index (κ2) is 11.9. The molecule has 0 aromatic heterocycles. The summed E-state index contributed by atoms with van der Waals surface area (Å²) in [5.74, 6) is 1.73. The maximum Gasteiger partial charge on any atom is 0.241 e. The van der Waals surface area contributed by atoms with Crippen LogP contribution in [0.25, 0.3) is 0 Å². The molecule has 1 aromatic rings. The van der Waals surface area contributed by atoms with Crippen molar-refractivity contribution in [3.8, 4) is 0 Å². The zero-order valence-electron chi connectivity index (χ0n) is 18.6. The standard InChI is InChI=1S/C24H35N5O.HI/c1-25-24(29-16-11-22(19-29)27-12-5-6-13-27)26-18-23(30)28-14-9-21(10-15-28)17-20-7-3-2-4-8-20;/h2-8,21-22H,9-19H2,1H3,(H,25,26);1H. The number of likely N-dealkylation sites (tertiary alicyclic amines) is 2. The SMILES string of the molecule is CN=C(NCC(=O)N1CCC(Cc2ccccc2)CC1)N1CCC(N2CC=CC2)C1.I. The Morgan fingerprint density at radius 2 is 1.71 bits per heavy atom. The van der Waals surface area contributed by atoms with Crippen molar-refractivity contribution in [2.45, 2.75) is 31.7 Å². The Kier molecular flexibility index (Phi) is 9.19. The molecular weight excluding hydrogens is 501 g/mol. The smallest absolute Gasteiger partial charge is 0.241 e. The summed E-state index contributed by atoms with van der Waals surface area (Å²) in [5, 5.41) is 3.32. The molecule has 6 nitrogen and oxygen atoms in total. The topological polar surface area (TPSA) is 51.2 Å². The fraction of sp³-hybridized carbons (Fsp3) is 0.583. The molecular formula is C24H36IN5O. The summed E-state index contributed by atoms with van der Waals surface area (Å²) in [5.41, 5.74) is 1.40. The monoisotopic (exact) mass is 537 g/mol. The Balaban J connectivity index is 0.00000272. The average Bonchev–Trinajstić information content (AvgIpc) is 3.48. The van der Waals surface area contributed by atoms with Gasteiger partial charge >= 0.3 is 0 Å². The molecule has 3 heterocycles. The fourth-order valence-corrected chi connectivity index (χ4v) is 4.96. The summed E-state index contributed by atoms with van der Waals surface area (Å²) < 4.78 is 0. The minimum Gasteiger partial charge on any atom is -0.347 e. The lowest BCUT2D eigenvalue weighted by Crippen LogP contribution is -2.48. The van der Waals surface area contributed by atoms with E-state index in [1.807, 2.05) is 11.9 Å². The van der Waals surface area contributed by atoms with Crippen LogP contribution < -0.4 is 5.32 Å². The van der Waals surface area contributed by atoms with Gasteiger partial charge in [0, 0.05) is 52.4 Å². The van der Waals surface area contributed by atoms with Gasteiger partial charge in [-0.1, -0.05) is 42.5 Å². The van der Waals surface area contributed by atoms with Crippen molar-refractivity contribution in [3.63, 3.8) is 0 Å². The molecule has 0 bridgehead atoms. The van der Waals surface area contributed by atoms with Gasteiger partial charge in [-0.05, 0) is 37.2 Å². The first-order valence-corrected chi connectivity index (χ1v) is 11.4. The number of rotatable bonds is 5. The van der Waals surface area contributed by atoms with Gasteiger partial charge in [-0.3, -0.25) is 14.7 Å². The maximum absolute atomic E-state index is 12.7. The van der Waals surface area contributed by atoms with Crippen LogP contribution in [0.15, 0.2) is 47.5 Å². The third kappa shape index (κ3) is 6.44. The van der Waals surface area contributed by atoms with Crippen LogP contribution in [0.4, 0.5) is 0 Å². The molecule has 3 aliphatic heterocycles. The van der Waals surface area contributed by atoms with Crippen molar-refractivity contribution in [1.29, 1.82) is 0 Å². The molecule has 1 N–H and O–H groups in total. The van der Waals surface area contributed by atoms with Gasteiger partial charge in [0.2, 0.25) is 5.91 Å². The highest BCUT2D eigenvalue weighted by atomic mass is 127. The Hall–Kier alpha value is -1.61. The second-order valence-electron chi connectivity index (χ2n) is 8.73. The molecule has 1 amide bonds. The van der Waals surface area contributed by atoms with Crippen LogP contribution >= 0.6 is 24.0 Å². The molecule has 7 heteroatoms. The van der Waals surface area contributed by atoms with E-state index in [2.05, 4.69) is 62.6 Å². The van der Waals surface area contributed by atoms with Crippen molar-refractivity contribution in [2.75, 3.05) is 52.9 Å². The number of aliphatic imine (C=N–C) groups is 1. The Labute approximate surface area is 203 Å². The minimum absolute atomic E-state index is 0.